The fourth-order valence-corrected chi connectivity index (χ4v) is 3.00. The quantitative estimate of drug-likeness (QED) is 0.843. The summed E-state index contributed by atoms with van der Waals surface area (Å²) in [5.74, 6) is 0. The molecule has 0 bridgehead atoms. The Kier molecular flexibility index (Phi) is 3.53. The summed E-state index contributed by atoms with van der Waals surface area (Å²) in [6.07, 6.45) is 5.22. The largest absolute Gasteiger partial charge is 0.370 e. The topological polar surface area (TPSA) is 15.3 Å². The fraction of sp³-hybridized carbons (Fsp3) is 0.647. The van der Waals surface area contributed by atoms with Crippen LogP contribution < -0.4 is 10.2 Å². The van der Waals surface area contributed by atoms with Crippen LogP contribution in [0.4, 0.5) is 5.69 Å². The summed E-state index contributed by atoms with van der Waals surface area (Å²) >= 11 is 0. The molecular formula is C17H26N2. The Morgan fingerprint density at radius 2 is 2.11 bits per heavy atom. The minimum absolute atomic E-state index is 0.389. The molecule has 2 aliphatic rings. The fourth-order valence-electron chi connectivity index (χ4n) is 3.00. The predicted octanol–water partition coefficient (Wildman–Crippen LogP) is 3.22. The highest BCUT2D eigenvalue weighted by molar-refractivity contribution is 5.57. The molecule has 0 radical (unpaired) electrons. The van der Waals surface area contributed by atoms with Crippen molar-refractivity contribution in [1.29, 1.82) is 0 Å². The number of hydrogen-bond acceptors (Lipinski definition) is 2. The molecule has 1 atom stereocenters. The maximum atomic E-state index is 3.72. The van der Waals surface area contributed by atoms with E-state index in [1.165, 1.54) is 50.0 Å². The van der Waals surface area contributed by atoms with E-state index in [4.69, 9.17) is 0 Å². The molecular weight excluding hydrogens is 232 g/mol. The number of fused-ring (bicyclic) bond motifs is 1. The van der Waals surface area contributed by atoms with E-state index in [1.807, 2.05) is 0 Å². The molecule has 1 fully saturated rings. The van der Waals surface area contributed by atoms with E-state index in [-0.39, 0.29) is 0 Å². The lowest BCUT2D eigenvalue weighted by atomic mass is 9.86. The highest BCUT2D eigenvalue weighted by Crippen LogP contribution is 2.32. The molecule has 1 aromatic rings. The lowest BCUT2D eigenvalue weighted by Gasteiger charge is -2.34. The molecule has 1 N–H and O–H groups in total. The molecule has 1 saturated carbocycles. The summed E-state index contributed by atoms with van der Waals surface area (Å²) in [6.45, 7) is 8.30. The lowest BCUT2D eigenvalue weighted by molar-refractivity contribution is 0.295. The molecule has 19 heavy (non-hydrogen) atoms. The second kappa shape index (κ2) is 5.16. The lowest BCUT2D eigenvalue weighted by Crippen LogP contribution is -2.42. The van der Waals surface area contributed by atoms with Gasteiger partial charge < -0.3 is 10.2 Å². The van der Waals surface area contributed by atoms with Crippen molar-refractivity contribution in [3.8, 4) is 0 Å². The van der Waals surface area contributed by atoms with E-state index in [9.17, 15) is 0 Å². The predicted molar refractivity (Wildman–Crippen MR) is 81.8 cm³/mol. The first kappa shape index (κ1) is 13.0. The van der Waals surface area contributed by atoms with E-state index >= 15 is 0 Å². The number of benzene rings is 1. The van der Waals surface area contributed by atoms with Gasteiger partial charge in [-0.1, -0.05) is 32.0 Å². The van der Waals surface area contributed by atoms with Crippen LogP contribution in [0.25, 0.3) is 0 Å². The van der Waals surface area contributed by atoms with Crippen molar-refractivity contribution in [2.45, 2.75) is 45.6 Å². The van der Waals surface area contributed by atoms with Crippen LogP contribution >= 0.6 is 0 Å². The van der Waals surface area contributed by atoms with E-state index in [2.05, 4.69) is 48.3 Å². The van der Waals surface area contributed by atoms with Gasteiger partial charge >= 0.3 is 0 Å². The van der Waals surface area contributed by atoms with Gasteiger partial charge in [0.05, 0.1) is 0 Å². The van der Waals surface area contributed by atoms with Crippen LogP contribution in [0.5, 0.6) is 0 Å². The van der Waals surface area contributed by atoms with Crippen LogP contribution in [-0.4, -0.2) is 25.7 Å². The molecule has 2 nitrogen and oxygen atoms in total. The van der Waals surface area contributed by atoms with Crippen LogP contribution in [0.3, 0.4) is 0 Å². The monoisotopic (exact) mass is 258 g/mol. The summed E-state index contributed by atoms with van der Waals surface area (Å²) in [6, 6.07) is 9.71. The smallest absolute Gasteiger partial charge is 0.0399 e. The Morgan fingerprint density at radius 3 is 2.84 bits per heavy atom. The number of rotatable bonds is 6. The number of nitrogens with one attached hydrogen (secondary N) is 1. The van der Waals surface area contributed by atoms with Gasteiger partial charge in [-0.3, -0.25) is 0 Å². The van der Waals surface area contributed by atoms with Crippen LogP contribution in [0.2, 0.25) is 0 Å². The molecule has 2 heteroatoms. The van der Waals surface area contributed by atoms with Crippen molar-refractivity contribution in [2.75, 3.05) is 24.5 Å². The summed E-state index contributed by atoms with van der Waals surface area (Å²) in [4.78, 5) is 2.59. The highest BCUT2D eigenvalue weighted by Gasteiger charge is 2.31. The summed E-state index contributed by atoms with van der Waals surface area (Å²) in [5.41, 5.74) is 3.38. The second-order valence-electron chi connectivity index (χ2n) is 6.62. The summed E-state index contributed by atoms with van der Waals surface area (Å²) in [5, 5.41) is 3.72. The van der Waals surface area contributed by atoms with Crippen LogP contribution in [0.15, 0.2) is 24.3 Å². The van der Waals surface area contributed by atoms with Crippen molar-refractivity contribution >= 4 is 5.69 Å². The minimum Gasteiger partial charge on any atom is -0.370 e. The first-order valence-electron chi connectivity index (χ1n) is 7.76. The Bertz CT molecular complexity index is 439. The number of nitrogens with zero attached hydrogens (tertiary/aromatic N) is 1. The zero-order chi connectivity index (χ0) is 13.3. The van der Waals surface area contributed by atoms with Gasteiger partial charge in [0.25, 0.3) is 0 Å². The first-order chi connectivity index (χ1) is 9.20. The molecule has 1 unspecified atom stereocenters. The molecule has 104 valence electrons. The van der Waals surface area contributed by atoms with Gasteiger partial charge in [-0.2, -0.15) is 0 Å². The molecule has 3 rings (SSSR count). The van der Waals surface area contributed by atoms with Crippen LogP contribution in [0.1, 0.15) is 38.7 Å². The van der Waals surface area contributed by atoms with Gasteiger partial charge in [0.1, 0.15) is 0 Å². The highest BCUT2D eigenvalue weighted by atomic mass is 15.2. The molecule has 1 heterocycles. The molecule has 0 saturated heterocycles. The van der Waals surface area contributed by atoms with Crippen molar-refractivity contribution in [3.63, 3.8) is 0 Å². The normalized spacial score (nSPS) is 21.3. The Labute approximate surface area is 117 Å². The van der Waals surface area contributed by atoms with Crippen molar-refractivity contribution < 1.29 is 0 Å². The van der Waals surface area contributed by atoms with Crippen molar-refractivity contribution in [2.24, 2.45) is 5.41 Å². The Balaban J connectivity index is 1.65. The van der Waals surface area contributed by atoms with E-state index in [0.29, 0.717) is 5.41 Å². The third-order valence-corrected chi connectivity index (χ3v) is 4.80. The average Bonchev–Trinajstić information content (AvgIpc) is 3.19. The molecule has 0 amide bonds. The third-order valence-electron chi connectivity index (χ3n) is 4.80. The number of hydrogen-bond donors (Lipinski definition) is 1. The van der Waals surface area contributed by atoms with Gasteiger partial charge in [-0.05, 0) is 42.7 Å². The maximum Gasteiger partial charge on any atom is 0.0399 e. The molecule has 1 aromatic carbocycles. The average molecular weight is 258 g/mol. The molecule has 0 spiro atoms. The van der Waals surface area contributed by atoms with Crippen molar-refractivity contribution in [3.05, 3.63) is 29.8 Å². The first-order valence-corrected chi connectivity index (χ1v) is 7.76. The van der Waals surface area contributed by atoms with Gasteiger partial charge in [0, 0.05) is 31.4 Å². The maximum absolute atomic E-state index is 3.72. The van der Waals surface area contributed by atoms with Gasteiger partial charge in [-0.15, -0.1) is 0 Å². The minimum atomic E-state index is 0.389. The second-order valence-corrected chi connectivity index (χ2v) is 6.62. The van der Waals surface area contributed by atoms with Crippen LogP contribution in [0, 0.1) is 5.41 Å². The Hall–Kier alpha value is -1.02. The third kappa shape index (κ3) is 2.94. The van der Waals surface area contributed by atoms with E-state index in [0.717, 1.165) is 12.6 Å². The van der Waals surface area contributed by atoms with Gasteiger partial charge in [0.2, 0.25) is 0 Å². The number of para-hydroxylation sites is 1. The zero-order valence-electron chi connectivity index (χ0n) is 12.3. The molecule has 0 aromatic heterocycles. The van der Waals surface area contributed by atoms with E-state index in [1.54, 1.807) is 0 Å². The summed E-state index contributed by atoms with van der Waals surface area (Å²) in [7, 11) is 0. The Morgan fingerprint density at radius 1 is 1.32 bits per heavy atom. The van der Waals surface area contributed by atoms with Crippen LogP contribution in [-0.2, 0) is 6.42 Å². The van der Waals surface area contributed by atoms with Crippen molar-refractivity contribution in [1.82, 2.24) is 5.32 Å². The standard InChI is InChI=1S/C17H26N2/c1-3-17(2,12-18-15-8-9-15)13-19-11-10-14-6-4-5-7-16(14)19/h4-7,15,18H,3,8-13H2,1-2H3. The van der Waals surface area contributed by atoms with E-state index < -0.39 is 0 Å². The molecule has 1 aliphatic heterocycles. The molecule has 1 aliphatic carbocycles. The SMILES string of the molecule is CCC(C)(CNC1CC1)CN1CCc2ccccc21. The summed E-state index contributed by atoms with van der Waals surface area (Å²) < 4.78 is 0. The number of anilines is 1. The van der Waals surface area contributed by atoms with Gasteiger partial charge in [0.15, 0.2) is 0 Å². The van der Waals surface area contributed by atoms with Gasteiger partial charge in [-0.25, -0.2) is 0 Å². The zero-order valence-corrected chi connectivity index (χ0v) is 12.3.